The summed E-state index contributed by atoms with van der Waals surface area (Å²) < 4.78 is 0. The molecule has 1 aromatic heterocycles. The molecule has 1 atom stereocenters. The van der Waals surface area contributed by atoms with Crippen molar-refractivity contribution < 1.29 is 4.79 Å². The number of aryl methyl sites for hydroxylation is 1. The molecular weight excluding hydrogens is 316 g/mol. The van der Waals surface area contributed by atoms with Crippen molar-refractivity contribution in [2.45, 2.75) is 19.9 Å². The highest BCUT2D eigenvalue weighted by Gasteiger charge is 2.23. The third kappa shape index (κ3) is 3.24. The van der Waals surface area contributed by atoms with Crippen molar-refractivity contribution in [1.29, 1.82) is 0 Å². The lowest BCUT2D eigenvalue weighted by Gasteiger charge is -2.25. The molecule has 24 heavy (non-hydrogen) atoms. The molecule has 4 heteroatoms. The van der Waals surface area contributed by atoms with Crippen LogP contribution in [0.25, 0.3) is 10.6 Å². The van der Waals surface area contributed by atoms with Crippen molar-refractivity contribution in [2.24, 2.45) is 0 Å². The number of benzene rings is 2. The molecule has 0 aliphatic rings. The molecule has 122 valence electrons. The first-order chi connectivity index (χ1) is 11.6. The van der Waals surface area contributed by atoms with Gasteiger partial charge in [-0.25, -0.2) is 4.98 Å². The van der Waals surface area contributed by atoms with Gasteiger partial charge in [0.1, 0.15) is 9.88 Å². The van der Waals surface area contributed by atoms with E-state index in [-0.39, 0.29) is 11.9 Å². The fourth-order valence-electron chi connectivity index (χ4n) is 2.59. The number of rotatable bonds is 4. The average Bonchev–Trinajstić information content (AvgIpc) is 3.03. The summed E-state index contributed by atoms with van der Waals surface area (Å²) in [6.07, 6.45) is 0. The second-order valence-corrected chi connectivity index (χ2v) is 6.80. The first-order valence-corrected chi connectivity index (χ1v) is 8.74. The van der Waals surface area contributed by atoms with Crippen molar-refractivity contribution in [2.75, 3.05) is 7.05 Å². The molecule has 0 saturated heterocycles. The molecule has 0 fully saturated rings. The number of carbonyl (C=O) groups excluding carboxylic acids is 1. The van der Waals surface area contributed by atoms with Gasteiger partial charge in [0.05, 0.1) is 11.7 Å². The molecule has 0 spiro atoms. The Morgan fingerprint density at radius 1 is 1.04 bits per heavy atom. The van der Waals surface area contributed by atoms with Gasteiger partial charge in [0.25, 0.3) is 5.91 Å². The van der Waals surface area contributed by atoms with Crippen LogP contribution in [-0.2, 0) is 0 Å². The minimum Gasteiger partial charge on any atom is -0.334 e. The van der Waals surface area contributed by atoms with Crippen LogP contribution in [0, 0.1) is 6.92 Å². The van der Waals surface area contributed by atoms with Crippen molar-refractivity contribution in [3.05, 3.63) is 76.8 Å². The Balaban J connectivity index is 1.86. The summed E-state index contributed by atoms with van der Waals surface area (Å²) in [5.74, 6) is 0.0172. The number of amides is 1. The second kappa shape index (κ2) is 6.97. The van der Waals surface area contributed by atoms with E-state index in [2.05, 4.69) is 4.98 Å². The van der Waals surface area contributed by atoms with Gasteiger partial charge in [-0.15, -0.1) is 11.3 Å². The van der Waals surface area contributed by atoms with E-state index in [1.807, 2.05) is 81.6 Å². The molecule has 1 amide bonds. The number of nitrogens with zero attached hydrogens (tertiary/aromatic N) is 2. The van der Waals surface area contributed by atoms with Crippen LogP contribution >= 0.6 is 11.3 Å². The Kier molecular flexibility index (Phi) is 4.76. The zero-order chi connectivity index (χ0) is 17.1. The van der Waals surface area contributed by atoms with E-state index in [0.29, 0.717) is 4.88 Å². The van der Waals surface area contributed by atoms with Gasteiger partial charge in [-0.2, -0.15) is 0 Å². The van der Waals surface area contributed by atoms with Gasteiger partial charge < -0.3 is 4.90 Å². The number of aromatic nitrogens is 1. The van der Waals surface area contributed by atoms with Gasteiger partial charge >= 0.3 is 0 Å². The van der Waals surface area contributed by atoms with Gasteiger partial charge in [-0.3, -0.25) is 4.79 Å². The van der Waals surface area contributed by atoms with Crippen LogP contribution in [0.15, 0.2) is 60.7 Å². The summed E-state index contributed by atoms with van der Waals surface area (Å²) in [7, 11) is 1.85. The average molecular weight is 336 g/mol. The molecule has 0 aliphatic heterocycles. The molecule has 3 rings (SSSR count). The summed E-state index contributed by atoms with van der Waals surface area (Å²) in [6, 6.07) is 20.1. The summed E-state index contributed by atoms with van der Waals surface area (Å²) in [5, 5.41) is 0.886. The summed E-state index contributed by atoms with van der Waals surface area (Å²) in [5.41, 5.74) is 2.96. The highest BCUT2D eigenvalue weighted by Crippen LogP contribution is 2.30. The molecule has 1 heterocycles. The fraction of sp³-hybridized carbons (Fsp3) is 0.200. The van der Waals surface area contributed by atoms with Crippen molar-refractivity contribution >= 4 is 17.2 Å². The van der Waals surface area contributed by atoms with E-state index in [9.17, 15) is 4.79 Å². The van der Waals surface area contributed by atoms with Crippen molar-refractivity contribution in [3.8, 4) is 10.6 Å². The number of hydrogen-bond donors (Lipinski definition) is 0. The minimum atomic E-state index is 0.0142. The van der Waals surface area contributed by atoms with E-state index in [0.717, 1.165) is 21.8 Å². The van der Waals surface area contributed by atoms with Crippen LogP contribution < -0.4 is 0 Å². The van der Waals surface area contributed by atoms with E-state index in [1.54, 1.807) is 4.90 Å². The summed E-state index contributed by atoms with van der Waals surface area (Å²) >= 11 is 1.46. The summed E-state index contributed by atoms with van der Waals surface area (Å²) in [4.78, 5) is 20.0. The Bertz CT molecular complexity index is 827. The molecular formula is C20H20N2OS. The van der Waals surface area contributed by atoms with Gasteiger partial charge in [-0.1, -0.05) is 60.7 Å². The highest BCUT2D eigenvalue weighted by atomic mass is 32.1. The maximum Gasteiger partial charge on any atom is 0.266 e. The second-order valence-electron chi connectivity index (χ2n) is 5.80. The Hall–Kier alpha value is -2.46. The quantitative estimate of drug-likeness (QED) is 0.675. The molecule has 0 aliphatic carbocycles. The Labute approximate surface area is 146 Å². The van der Waals surface area contributed by atoms with Crippen LogP contribution in [0.5, 0.6) is 0 Å². The monoisotopic (exact) mass is 336 g/mol. The maximum absolute atomic E-state index is 12.9. The van der Waals surface area contributed by atoms with Crippen LogP contribution in [0.1, 0.15) is 33.9 Å². The lowest BCUT2D eigenvalue weighted by molar-refractivity contribution is 0.0746. The molecule has 2 aromatic carbocycles. The smallest absolute Gasteiger partial charge is 0.266 e. The van der Waals surface area contributed by atoms with Crippen LogP contribution in [-0.4, -0.2) is 22.8 Å². The van der Waals surface area contributed by atoms with E-state index in [4.69, 9.17) is 0 Å². The standard InChI is InChI=1S/C20H20N2OS/c1-14-18(24-19(21-14)17-12-8-5-9-13-17)20(23)22(3)15(2)16-10-6-4-7-11-16/h4-13,15H,1-3H3. The SMILES string of the molecule is Cc1nc(-c2ccccc2)sc1C(=O)N(C)C(C)c1ccccc1. The lowest BCUT2D eigenvalue weighted by atomic mass is 10.1. The molecule has 3 aromatic rings. The third-order valence-corrected chi connectivity index (χ3v) is 5.39. The molecule has 0 bridgehead atoms. The van der Waals surface area contributed by atoms with Gasteiger partial charge in [0.15, 0.2) is 0 Å². The van der Waals surface area contributed by atoms with Gasteiger partial charge in [0, 0.05) is 12.6 Å². The zero-order valence-electron chi connectivity index (χ0n) is 14.1. The van der Waals surface area contributed by atoms with Crippen LogP contribution in [0.3, 0.4) is 0 Å². The number of carbonyl (C=O) groups is 1. The zero-order valence-corrected chi connectivity index (χ0v) is 14.9. The normalized spacial score (nSPS) is 12.0. The molecule has 1 unspecified atom stereocenters. The van der Waals surface area contributed by atoms with E-state index >= 15 is 0 Å². The van der Waals surface area contributed by atoms with Crippen molar-refractivity contribution in [3.63, 3.8) is 0 Å². The third-order valence-electron chi connectivity index (χ3n) is 4.19. The molecule has 0 N–H and O–H groups in total. The van der Waals surface area contributed by atoms with Crippen LogP contribution in [0.2, 0.25) is 0 Å². The maximum atomic E-state index is 12.9. The summed E-state index contributed by atoms with van der Waals surface area (Å²) in [6.45, 7) is 3.94. The van der Waals surface area contributed by atoms with E-state index in [1.165, 1.54) is 11.3 Å². The topological polar surface area (TPSA) is 33.2 Å². The van der Waals surface area contributed by atoms with Gasteiger partial charge in [0.2, 0.25) is 0 Å². The first-order valence-electron chi connectivity index (χ1n) is 7.93. The molecule has 3 nitrogen and oxygen atoms in total. The van der Waals surface area contributed by atoms with Crippen molar-refractivity contribution in [1.82, 2.24) is 9.88 Å². The largest absolute Gasteiger partial charge is 0.334 e. The number of hydrogen-bond acceptors (Lipinski definition) is 3. The predicted octanol–water partition coefficient (Wildman–Crippen LogP) is 4.95. The fourth-order valence-corrected chi connectivity index (χ4v) is 3.64. The minimum absolute atomic E-state index is 0.0142. The van der Waals surface area contributed by atoms with Gasteiger partial charge in [-0.05, 0) is 19.4 Å². The predicted molar refractivity (Wildman–Crippen MR) is 99.2 cm³/mol. The first kappa shape index (κ1) is 16.4. The Morgan fingerprint density at radius 3 is 2.25 bits per heavy atom. The number of thiazole rings is 1. The van der Waals surface area contributed by atoms with Crippen LogP contribution in [0.4, 0.5) is 0 Å². The lowest BCUT2D eigenvalue weighted by Crippen LogP contribution is -2.29. The van der Waals surface area contributed by atoms with E-state index < -0.39 is 0 Å². The molecule has 0 saturated carbocycles. The Morgan fingerprint density at radius 2 is 1.62 bits per heavy atom. The highest BCUT2D eigenvalue weighted by molar-refractivity contribution is 7.17. The molecule has 0 radical (unpaired) electrons.